The largest absolute Gasteiger partial charge is 0.261 e. The van der Waals surface area contributed by atoms with Crippen LogP contribution in [-0.4, -0.2) is 47.2 Å². The zero-order valence-corrected chi connectivity index (χ0v) is 65.8. The van der Waals surface area contributed by atoms with E-state index in [4.69, 9.17) is 0 Å². The molecule has 0 aliphatic rings. The van der Waals surface area contributed by atoms with Crippen molar-refractivity contribution in [2.75, 3.05) is 17.3 Å². The van der Waals surface area contributed by atoms with Crippen molar-refractivity contribution in [3.05, 3.63) is 385 Å². The van der Waals surface area contributed by atoms with Gasteiger partial charge < -0.3 is 0 Å². The van der Waals surface area contributed by atoms with Gasteiger partial charge in [-0.3, -0.25) is 19.9 Å². The molecule has 0 unspecified atom stereocenters. The molecule has 0 saturated carbocycles. The first-order chi connectivity index (χ1) is 48.4. The fraction of sp³-hybridized carbons (Fsp3) is 0.190. The van der Waals surface area contributed by atoms with Crippen LogP contribution in [0.4, 0.5) is 0 Å². The van der Waals surface area contributed by atoms with E-state index in [9.17, 15) is 0 Å². The van der Waals surface area contributed by atoms with Gasteiger partial charge in [-0.05, 0) is 166 Å². The first-order valence-corrected chi connectivity index (χ1v) is 39.4. The van der Waals surface area contributed by atoms with Crippen molar-refractivity contribution in [3.8, 4) is 0 Å². The predicted molar refractivity (Wildman–Crippen MR) is 450 cm³/mol. The molecule has 98 heavy (non-hydrogen) atoms. The highest BCUT2D eigenvalue weighted by Gasteiger charge is 1.98. The molecule has 0 spiro atoms. The lowest BCUT2D eigenvalue weighted by atomic mass is 10.2. The summed E-state index contributed by atoms with van der Waals surface area (Å²) < 4.78 is 0.884. The average molecular weight is 1540 g/mol. The first-order valence-electron chi connectivity index (χ1n) is 32.6. The fourth-order valence-electron chi connectivity index (χ4n) is 7.12. The van der Waals surface area contributed by atoms with Crippen LogP contribution in [0, 0.1) is 0 Å². The van der Waals surface area contributed by atoms with Crippen molar-refractivity contribution in [1.29, 1.82) is 0 Å². The third kappa shape index (κ3) is 51.2. The molecule has 0 radical (unpaired) electrons. The monoisotopic (exact) mass is 1540 g/mol. The van der Waals surface area contributed by atoms with Gasteiger partial charge in [-0.15, -0.1) is 36.2 Å². The molecule has 0 N–H and O–H groups in total. The normalized spacial score (nSPS) is 9.13. The summed E-state index contributed by atoms with van der Waals surface area (Å²) in [5.41, 5.74) is 9.72. The lowest BCUT2D eigenvalue weighted by molar-refractivity contribution is 1.05. The van der Waals surface area contributed by atoms with Crippen LogP contribution in [0.25, 0.3) is 6.08 Å². The molecule has 0 bridgehead atoms. The van der Waals surface area contributed by atoms with E-state index in [1.165, 1.54) is 32.8 Å². The molecule has 0 fully saturated rings. The van der Waals surface area contributed by atoms with Gasteiger partial charge in [-0.2, -0.15) is 37.0 Å². The van der Waals surface area contributed by atoms with Gasteiger partial charge in [0.15, 0.2) is 0 Å². The second-order valence-electron chi connectivity index (χ2n) is 18.8. The second kappa shape index (κ2) is 67.2. The Balaban J connectivity index is 0.000000554. The molecular formula is C84H98Br2N6S6. The Kier molecular flexibility index (Phi) is 61.1. The first kappa shape index (κ1) is 89.0. The number of aromatic nitrogens is 6. The molecule has 12 aromatic rings. The standard InChI is InChI=1S/3C13H13NS.C8H10S.C7H7N.C7H8S.C6H6BrN.C6H6S.C5H4BrN.3C2H6/c1-2-7-13(8-3-1)15-11-9-12-6-4-5-10-14-12;1-2-6-12(7-3-1)9-11-15-13-8-4-5-10-14-13;1-2-6-12(7-3-1)10-15-11-13-8-4-5-9-14-13;9-7-6-8-4-2-1-3-5-8;1-2-7-5-3-4-6-8-7;8-6-7-4-2-1-3-5-7;7-5-6-3-1-2-4-8-6;7-6-4-2-1-3-5-6;6-5-3-1-2-4-7-5;3*1-2/h2*1-8,10H,9,11H2;1-9H,10-11H2;1-5,9H,6-7H2;2-6H,1H2;1-5,8H,6H2;1-4H,5H2;1-5,7H;1-4H;3*1-2H3. The molecule has 514 valence electrons. The quantitative estimate of drug-likeness (QED) is 0.0358. The summed E-state index contributed by atoms with van der Waals surface area (Å²) in [7, 11) is 0. The number of pyridine rings is 6. The Morgan fingerprint density at radius 1 is 0.367 bits per heavy atom. The van der Waals surface area contributed by atoms with Crippen LogP contribution < -0.4 is 0 Å². The second-order valence-corrected chi connectivity index (χ2v) is 24.7. The molecule has 0 aliphatic carbocycles. The maximum Gasteiger partial charge on any atom is 0.106 e. The zero-order chi connectivity index (χ0) is 71.3. The number of nitrogens with zero attached hydrogens (tertiary/aromatic N) is 6. The van der Waals surface area contributed by atoms with E-state index >= 15 is 0 Å². The van der Waals surface area contributed by atoms with E-state index in [1.807, 2.05) is 241 Å². The van der Waals surface area contributed by atoms with Gasteiger partial charge >= 0.3 is 0 Å². The van der Waals surface area contributed by atoms with E-state index in [0.717, 1.165) is 90.7 Å². The van der Waals surface area contributed by atoms with E-state index in [2.05, 4.69) is 240 Å². The number of benzene rings is 6. The SMILES string of the molecule is BrCc1ccccn1.Brc1ccccn1.C=Cc1ccccn1.CC.CC.CC.SCCc1ccccc1.SCc1ccccc1.Sc1ccccc1.c1ccc(CCSc2ccccn2)cc1.c1ccc(CSCc2ccccn2)cc1.c1ccc(SCCc2ccccn2)cc1. The van der Waals surface area contributed by atoms with E-state index in [0.29, 0.717) is 0 Å². The van der Waals surface area contributed by atoms with Crippen molar-refractivity contribution >= 4 is 111 Å². The molecule has 0 aliphatic heterocycles. The highest BCUT2D eigenvalue weighted by molar-refractivity contribution is 9.10. The van der Waals surface area contributed by atoms with Crippen LogP contribution in [0.15, 0.2) is 354 Å². The Morgan fingerprint density at radius 3 is 1.12 bits per heavy atom. The van der Waals surface area contributed by atoms with Gasteiger partial charge in [0.25, 0.3) is 0 Å². The van der Waals surface area contributed by atoms with Crippen LogP contribution in [-0.2, 0) is 41.9 Å². The summed E-state index contributed by atoms with van der Waals surface area (Å²) in [4.78, 5) is 27.1. The molecule has 14 heteroatoms. The number of aryl methyl sites for hydroxylation is 3. The summed E-state index contributed by atoms with van der Waals surface area (Å²) in [5.74, 6) is 5.97. The van der Waals surface area contributed by atoms with Gasteiger partial charge in [-0.1, -0.05) is 258 Å². The molecule has 6 aromatic heterocycles. The number of thiol groups is 3. The highest BCUT2D eigenvalue weighted by atomic mass is 79.9. The average Bonchev–Trinajstić information content (AvgIpc) is 3.48. The lowest BCUT2D eigenvalue weighted by Gasteiger charge is -2.01. The van der Waals surface area contributed by atoms with Gasteiger partial charge in [0.1, 0.15) is 4.60 Å². The molecule has 0 amide bonds. The van der Waals surface area contributed by atoms with E-state index < -0.39 is 0 Å². The van der Waals surface area contributed by atoms with Crippen LogP contribution in [0.5, 0.6) is 0 Å². The minimum atomic E-state index is 0.834. The van der Waals surface area contributed by atoms with Crippen LogP contribution >= 0.6 is 105 Å². The Hall–Kier alpha value is -6.98. The van der Waals surface area contributed by atoms with Crippen LogP contribution in [0.1, 0.15) is 86.6 Å². The Morgan fingerprint density at radius 2 is 0.765 bits per heavy atom. The molecule has 6 heterocycles. The highest BCUT2D eigenvalue weighted by Crippen LogP contribution is 2.19. The number of alkyl halides is 1. The maximum atomic E-state index is 4.30. The number of halogens is 2. The third-order valence-corrected chi connectivity index (χ3v) is 16.6. The van der Waals surface area contributed by atoms with Gasteiger partial charge in [-0.25, -0.2) is 9.97 Å². The smallest absolute Gasteiger partial charge is 0.106 e. The number of hydrogen-bond acceptors (Lipinski definition) is 12. The molecule has 12 rings (SSSR count). The summed E-state index contributed by atoms with van der Waals surface area (Å²) in [6.45, 7) is 15.6. The maximum absolute atomic E-state index is 4.30. The lowest BCUT2D eigenvalue weighted by Crippen LogP contribution is -1.90. The molecular weight excluding hydrogens is 1450 g/mol. The van der Waals surface area contributed by atoms with Gasteiger partial charge in [0, 0.05) is 86.8 Å². The fourth-order valence-corrected chi connectivity index (χ4v) is 11.0. The van der Waals surface area contributed by atoms with Crippen molar-refractivity contribution < 1.29 is 0 Å². The molecule has 0 saturated heterocycles. The van der Waals surface area contributed by atoms with Crippen molar-refractivity contribution in [1.82, 2.24) is 29.9 Å². The number of rotatable bonds is 17. The summed E-state index contributed by atoms with van der Waals surface area (Å²) >= 11 is 24.4. The number of thioether (sulfide) groups is 3. The molecule has 6 aromatic carbocycles. The topological polar surface area (TPSA) is 77.3 Å². The van der Waals surface area contributed by atoms with Gasteiger partial charge in [0.2, 0.25) is 0 Å². The van der Waals surface area contributed by atoms with E-state index in [-0.39, 0.29) is 0 Å². The summed E-state index contributed by atoms with van der Waals surface area (Å²) in [6, 6.07) is 97.3. The summed E-state index contributed by atoms with van der Waals surface area (Å²) in [6.07, 6.45) is 15.7. The zero-order valence-electron chi connectivity index (χ0n) is 57.5. The van der Waals surface area contributed by atoms with E-state index in [1.54, 1.807) is 36.4 Å². The van der Waals surface area contributed by atoms with Crippen molar-refractivity contribution in [2.45, 2.75) is 98.2 Å². The van der Waals surface area contributed by atoms with Crippen molar-refractivity contribution in [2.24, 2.45) is 0 Å². The summed E-state index contributed by atoms with van der Waals surface area (Å²) in [5, 5.41) is 1.95. The van der Waals surface area contributed by atoms with Crippen molar-refractivity contribution in [3.63, 3.8) is 0 Å². The Labute approximate surface area is 635 Å². The Bertz CT molecular complexity index is 3160. The molecule has 0 atom stereocenters. The van der Waals surface area contributed by atoms with Crippen LogP contribution in [0.2, 0.25) is 0 Å². The minimum absolute atomic E-state index is 0.834. The van der Waals surface area contributed by atoms with Gasteiger partial charge in [0.05, 0.1) is 22.1 Å². The third-order valence-electron chi connectivity index (χ3n) is 11.7. The number of hydrogen-bond donors (Lipinski definition) is 3. The van der Waals surface area contributed by atoms with Crippen LogP contribution in [0.3, 0.4) is 0 Å². The minimum Gasteiger partial charge on any atom is -0.261 e. The predicted octanol–water partition coefficient (Wildman–Crippen LogP) is 25.2. The molecule has 6 nitrogen and oxygen atoms in total.